The summed E-state index contributed by atoms with van der Waals surface area (Å²) in [6, 6.07) is 15.5. The molecule has 10 heteroatoms. The van der Waals surface area contributed by atoms with Crippen molar-refractivity contribution < 1.29 is 23.0 Å². The predicted octanol–water partition coefficient (Wildman–Crippen LogP) is 6.90. The average Bonchev–Trinajstić information content (AvgIpc) is 3.20. The van der Waals surface area contributed by atoms with Gasteiger partial charge in [-0.05, 0) is 49.1 Å². The SMILES string of the molecule is C[Si](C)(C)CCOCn1c(-c2ccc(OC(F)F)c(OC3CCC3)c2)c(-c2ccccc2)c2c(=O)[nH]ncc21. The van der Waals surface area contributed by atoms with Crippen LogP contribution in [0, 0.1) is 0 Å². The second-order valence-electron chi connectivity index (χ2n) is 11.0. The number of rotatable bonds is 11. The lowest BCUT2D eigenvalue weighted by molar-refractivity contribution is -0.0526. The number of aromatic amines is 1. The van der Waals surface area contributed by atoms with E-state index in [0.29, 0.717) is 34.3 Å². The summed E-state index contributed by atoms with van der Waals surface area (Å²) >= 11 is 0. The fourth-order valence-electron chi connectivity index (χ4n) is 4.67. The van der Waals surface area contributed by atoms with Crippen LogP contribution < -0.4 is 15.0 Å². The monoisotopic (exact) mass is 553 g/mol. The van der Waals surface area contributed by atoms with Crippen molar-refractivity contribution in [1.82, 2.24) is 14.8 Å². The summed E-state index contributed by atoms with van der Waals surface area (Å²) in [5.74, 6) is 0.232. The van der Waals surface area contributed by atoms with E-state index in [2.05, 4.69) is 29.8 Å². The Labute approximate surface area is 226 Å². The molecular formula is C29H33F2N3O4Si. The number of hydrogen-bond donors (Lipinski definition) is 1. The topological polar surface area (TPSA) is 78.4 Å². The number of nitrogens with zero attached hydrogens (tertiary/aromatic N) is 2. The zero-order chi connectivity index (χ0) is 27.6. The number of hydrogen-bond acceptors (Lipinski definition) is 5. The zero-order valence-corrected chi connectivity index (χ0v) is 23.4. The molecule has 7 nitrogen and oxygen atoms in total. The Morgan fingerprint density at radius 1 is 1.08 bits per heavy atom. The molecule has 206 valence electrons. The maximum Gasteiger partial charge on any atom is 0.387 e. The van der Waals surface area contributed by atoms with Gasteiger partial charge in [0.15, 0.2) is 11.5 Å². The van der Waals surface area contributed by atoms with E-state index < -0.39 is 14.7 Å². The molecule has 39 heavy (non-hydrogen) atoms. The third-order valence-corrected chi connectivity index (χ3v) is 8.65. The van der Waals surface area contributed by atoms with Crippen LogP contribution in [0.4, 0.5) is 8.78 Å². The molecule has 0 aliphatic heterocycles. The molecule has 2 aromatic carbocycles. The summed E-state index contributed by atoms with van der Waals surface area (Å²) in [5, 5.41) is 7.12. The zero-order valence-electron chi connectivity index (χ0n) is 22.4. The molecule has 1 aliphatic rings. The number of H-pyrrole nitrogens is 1. The lowest BCUT2D eigenvalue weighted by Crippen LogP contribution is -2.25. The normalized spacial score (nSPS) is 14.1. The van der Waals surface area contributed by atoms with Crippen LogP contribution in [0.1, 0.15) is 19.3 Å². The van der Waals surface area contributed by atoms with Crippen LogP contribution in [0.2, 0.25) is 25.7 Å². The van der Waals surface area contributed by atoms with Gasteiger partial charge in [0.25, 0.3) is 5.56 Å². The highest BCUT2D eigenvalue weighted by molar-refractivity contribution is 6.76. The van der Waals surface area contributed by atoms with Gasteiger partial charge in [0.05, 0.1) is 28.9 Å². The molecule has 0 radical (unpaired) electrons. The smallest absolute Gasteiger partial charge is 0.387 e. The summed E-state index contributed by atoms with van der Waals surface area (Å²) < 4.78 is 45.4. The van der Waals surface area contributed by atoms with E-state index in [9.17, 15) is 13.6 Å². The number of ether oxygens (including phenoxy) is 3. The molecule has 0 amide bonds. The lowest BCUT2D eigenvalue weighted by Gasteiger charge is -2.27. The van der Waals surface area contributed by atoms with Crippen LogP contribution in [0.5, 0.6) is 11.5 Å². The molecule has 2 aromatic heterocycles. The molecule has 0 unspecified atom stereocenters. The summed E-state index contributed by atoms with van der Waals surface area (Å²) in [4.78, 5) is 13.2. The number of nitrogens with one attached hydrogen (secondary N) is 1. The predicted molar refractivity (Wildman–Crippen MR) is 150 cm³/mol. The largest absolute Gasteiger partial charge is 0.487 e. The van der Waals surface area contributed by atoms with Gasteiger partial charge in [0, 0.05) is 25.8 Å². The highest BCUT2D eigenvalue weighted by Crippen LogP contribution is 2.43. The Morgan fingerprint density at radius 3 is 2.51 bits per heavy atom. The molecule has 1 N–H and O–H groups in total. The van der Waals surface area contributed by atoms with Gasteiger partial charge < -0.3 is 18.8 Å². The molecule has 0 atom stereocenters. The Balaban J connectivity index is 1.69. The molecular weight excluding hydrogens is 520 g/mol. The minimum atomic E-state index is -2.98. The van der Waals surface area contributed by atoms with Crippen LogP contribution in [0.25, 0.3) is 33.3 Å². The van der Waals surface area contributed by atoms with E-state index in [1.54, 1.807) is 18.3 Å². The van der Waals surface area contributed by atoms with Crippen LogP contribution in [-0.4, -0.2) is 42.2 Å². The van der Waals surface area contributed by atoms with Crippen molar-refractivity contribution in [3.8, 4) is 33.9 Å². The van der Waals surface area contributed by atoms with E-state index in [1.165, 1.54) is 6.07 Å². The van der Waals surface area contributed by atoms with Crippen molar-refractivity contribution in [1.29, 1.82) is 0 Å². The fraction of sp³-hybridized carbons (Fsp3) is 0.379. The first-order valence-electron chi connectivity index (χ1n) is 13.2. The number of fused-ring (bicyclic) bond motifs is 1. The van der Waals surface area contributed by atoms with E-state index in [1.807, 2.05) is 34.9 Å². The minimum Gasteiger partial charge on any atom is -0.487 e. The summed E-state index contributed by atoms with van der Waals surface area (Å²) in [6.07, 6.45) is 4.33. The Hall–Kier alpha value is -3.50. The van der Waals surface area contributed by atoms with Gasteiger partial charge in [-0.15, -0.1) is 0 Å². The maximum atomic E-state index is 13.2. The van der Waals surface area contributed by atoms with E-state index in [-0.39, 0.29) is 29.9 Å². The second kappa shape index (κ2) is 11.3. The standard InChI is InChI=1S/C29H33F2N3O4Si/c1-39(2,3)15-14-36-18-34-22-17-32-33-28(35)26(22)25(19-8-5-4-6-9-19)27(34)20-12-13-23(38-29(30)31)24(16-20)37-21-10-7-11-21/h4-6,8-9,12-13,16-17,21,29H,7,10-11,14-15,18H2,1-3H3,(H,33,35). The first-order valence-corrected chi connectivity index (χ1v) is 16.9. The third-order valence-electron chi connectivity index (χ3n) is 6.94. The van der Waals surface area contributed by atoms with Crippen LogP contribution in [0.15, 0.2) is 59.5 Å². The van der Waals surface area contributed by atoms with Gasteiger partial charge in [-0.3, -0.25) is 4.79 Å². The summed E-state index contributed by atoms with van der Waals surface area (Å²) in [7, 11) is -1.32. The van der Waals surface area contributed by atoms with Crippen molar-refractivity contribution in [3.05, 3.63) is 65.1 Å². The number of alkyl halides is 2. The van der Waals surface area contributed by atoms with Crippen molar-refractivity contribution in [2.24, 2.45) is 0 Å². The highest BCUT2D eigenvalue weighted by Gasteiger charge is 2.26. The lowest BCUT2D eigenvalue weighted by atomic mass is 9.96. The van der Waals surface area contributed by atoms with Crippen molar-refractivity contribution in [2.75, 3.05) is 6.61 Å². The maximum absolute atomic E-state index is 13.2. The molecule has 5 rings (SSSR count). The van der Waals surface area contributed by atoms with Gasteiger partial charge in [0.1, 0.15) is 6.73 Å². The highest BCUT2D eigenvalue weighted by atomic mass is 28.3. The minimum absolute atomic E-state index is 0.0181. The summed E-state index contributed by atoms with van der Waals surface area (Å²) in [6.45, 7) is 4.67. The van der Waals surface area contributed by atoms with Gasteiger partial charge in [-0.2, -0.15) is 13.9 Å². The van der Waals surface area contributed by atoms with Crippen molar-refractivity contribution >= 4 is 19.0 Å². The molecule has 1 saturated carbocycles. The van der Waals surface area contributed by atoms with E-state index >= 15 is 0 Å². The van der Waals surface area contributed by atoms with Gasteiger partial charge in [-0.1, -0.05) is 50.0 Å². The first kappa shape index (κ1) is 27.1. The Kier molecular flexibility index (Phi) is 7.85. The van der Waals surface area contributed by atoms with Gasteiger partial charge in [-0.25, -0.2) is 5.10 Å². The molecule has 1 fully saturated rings. The fourth-order valence-corrected chi connectivity index (χ4v) is 5.43. The number of halogens is 2. The molecule has 0 saturated heterocycles. The van der Waals surface area contributed by atoms with Gasteiger partial charge >= 0.3 is 6.61 Å². The average molecular weight is 554 g/mol. The number of aromatic nitrogens is 3. The molecule has 4 aromatic rings. The molecule has 0 spiro atoms. The number of benzene rings is 2. The molecule has 2 heterocycles. The first-order chi connectivity index (χ1) is 18.7. The van der Waals surface area contributed by atoms with Crippen LogP contribution in [0.3, 0.4) is 0 Å². The Bertz CT molecular complexity index is 1490. The van der Waals surface area contributed by atoms with E-state index in [4.69, 9.17) is 14.2 Å². The quantitative estimate of drug-likeness (QED) is 0.161. The van der Waals surface area contributed by atoms with Crippen molar-refractivity contribution in [3.63, 3.8) is 0 Å². The van der Waals surface area contributed by atoms with E-state index in [0.717, 1.165) is 30.9 Å². The molecule has 0 bridgehead atoms. The summed E-state index contributed by atoms with van der Waals surface area (Å²) in [5.41, 5.74) is 3.25. The van der Waals surface area contributed by atoms with Gasteiger partial charge in [0.2, 0.25) is 0 Å². The van der Waals surface area contributed by atoms with Crippen LogP contribution >= 0.6 is 0 Å². The Morgan fingerprint density at radius 2 is 1.85 bits per heavy atom. The third kappa shape index (κ3) is 6.07. The second-order valence-corrected chi connectivity index (χ2v) is 16.7. The molecule has 1 aliphatic carbocycles. The van der Waals surface area contributed by atoms with Crippen molar-refractivity contribution in [2.45, 2.75) is 64.4 Å². The van der Waals surface area contributed by atoms with Crippen LogP contribution in [-0.2, 0) is 11.5 Å².